The lowest BCUT2D eigenvalue weighted by Gasteiger charge is -2.32. The quantitative estimate of drug-likeness (QED) is 0.307. The number of halogens is 2. The Morgan fingerprint density at radius 1 is 0.973 bits per heavy atom. The van der Waals surface area contributed by atoms with Crippen molar-refractivity contribution in [2.45, 2.75) is 56.5 Å². The van der Waals surface area contributed by atoms with Crippen LogP contribution < -0.4 is 5.32 Å². The number of thioether (sulfide) groups is 1. The zero-order valence-corrected chi connectivity index (χ0v) is 22.3. The van der Waals surface area contributed by atoms with E-state index in [4.69, 9.17) is 11.6 Å². The minimum Gasteiger partial charge on any atom is -0.352 e. The summed E-state index contributed by atoms with van der Waals surface area (Å²) < 4.78 is 14.7. The van der Waals surface area contributed by atoms with Crippen LogP contribution in [0.1, 0.15) is 42.4 Å². The molecule has 0 radical (unpaired) electrons. The van der Waals surface area contributed by atoms with Crippen molar-refractivity contribution in [2.75, 3.05) is 5.75 Å². The molecule has 0 saturated heterocycles. The summed E-state index contributed by atoms with van der Waals surface area (Å²) in [6.45, 7) is 0.0266. The van der Waals surface area contributed by atoms with Crippen LogP contribution in [0.2, 0.25) is 5.02 Å². The van der Waals surface area contributed by atoms with Gasteiger partial charge < -0.3 is 10.2 Å². The van der Waals surface area contributed by atoms with Crippen molar-refractivity contribution < 1.29 is 14.0 Å². The molecular weight excluding hydrogens is 507 g/mol. The highest BCUT2D eigenvalue weighted by molar-refractivity contribution is 7.99. The molecule has 1 saturated carbocycles. The van der Waals surface area contributed by atoms with Crippen molar-refractivity contribution >= 4 is 35.2 Å². The van der Waals surface area contributed by atoms with Gasteiger partial charge in [-0.1, -0.05) is 85.1 Å². The maximum Gasteiger partial charge on any atom is 0.243 e. The van der Waals surface area contributed by atoms with Crippen LogP contribution in [-0.2, 0) is 28.3 Å². The molecule has 0 aromatic heterocycles. The van der Waals surface area contributed by atoms with E-state index in [-0.39, 0.29) is 36.0 Å². The summed E-state index contributed by atoms with van der Waals surface area (Å²) in [5.74, 6) is 0.0139. The van der Waals surface area contributed by atoms with Crippen LogP contribution in [0.5, 0.6) is 0 Å². The Balaban J connectivity index is 1.57. The molecule has 0 spiro atoms. The third-order valence-corrected chi connectivity index (χ3v) is 7.88. The second-order valence-corrected chi connectivity index (χ2v) is 10.9. The molecule has 194 valence electrons. The molecular formula is C30H32ClFN2O2S. The van der Waals surface area contributed by atoms with E-state index in [1.54, 1.807) is 23.1 Å². The number of rotatable bonds is 11. The highest BCUT2D eigenvalue weighted by atomic mass is 35.5. The molecule has 0 aliphatic heterocycles. The van der Waals surface area contributed by atoms with Crippen molar-refractivity contribution in [2.24, 2.45) is 0 Å². The Labute approximate surface area is 227 Å². The maximum absolute atomic E-state index is 14.7. The summed E-state index contributed by atoms with van der Waals surface area (Å²) >= 11 is 7.56. The molecule has 3 aromatic carbocycles. The van der Waals surface area contributed by atoms with E-state index in [0.717, 1.165) is 36.8 Å². The number of nitrogens with one attached hydrogen (secondary N) is 1. The first-order chi connectivity index (χ1) is 18.0. The lowest BCUT2D eigenvalue weighted by atomic mass is 10.0. The monoisotopic (exact) mass is 538 g/mol. The first kappa shape index (κ1) is 27.2. The minimum atomic E-state index is -0.748. The van der Waals surface area contributed by atoms with Gasteiger partial charge in [-0.3, -0.25) is 9.59 Å². The van der Waals surface area contributed by atoms with Gasteiger partial charge in [0.2, 0.25) is 11.8 Å². The number of hydrogen-bond donors (Lipinski definition) is 1. The van der Waals surface area contributed by atoms with Gasteiger partial charge in [0.05, 0.1) is 5.75 Å². The molecule has 1 fully saturated rings. The number of carbonyl (C=O) groups excluding carboxylic acids is 2. The van der Waals surface area contributed by atoms with E-state index in [2.05, 4.69) is 5.32 Å². The minimum absolute atomic E-state index is 0.0266. The average molecular weight is 539 g/mol. The first-order valence-electron chi connectivity index (χ1n) is 12.7. The van der Waals surface area contributed by atoms with Crippen molar-refractivity contribution in [3.63, 3.8) is 0 Å². The van der Waals surface area contributed by atoms with Crippen molar-refractivity contribution in [3.8, 4) is 0 Å². The van der Waals surface area contributed by atoms with Gasteiger partial charge in [-0.25, -0.2) is 4.39 Å². The van der Waals surface area contributed by atoms with E-state index < -0.39 is 6.04 Å². The predicted octanol–water partition coefficient (Wildman–Crippen LogP) is 6.41. The molecule has 1 unspecified atom stereocenters. The van der Waals surface area contributed by atoms with Gasteiger partial charge in [0.1, 0.15) is 11.9 Å². The second kappa shape index (κ2) is 13.6. The van der Waals surface area contributed by atoms with Gasteiger partial charge in [-0.2, -0.15) is 0 Å². The fraction of sp³-hybridized carbons (Fsp3) is 0.333. The van der Waals surface area contributed by atoms with Gasteiger partial charge in [-0.05, 0) is 42.2 Å². The molecule has 1 N–H and O–H groups in total. The summed E-state index contributed by atoms with van der Waals surface area (Å²) in [4.78, 5) is 28.9. The fourth-order valence-corrected chi connectivity index (χ4v) is 5.77. The van der Waals surface area contributed by atoms with Crippen LogP contribution in [0.15, 0.2) is 78.9 Å². The smallest absolute Gasteiger partial charge is 0.243 e. The van der Waals surface area contributed by atoms with Crippen LogP contribution in [0, 0.1) is 5.82 Å². The third kappa shape index (κ3) is 8.08. The zero-order valence-electron chi connectivity index (χ0n) is 20.7. The number of carbonyl (C=O) groups is 2. The molecule has 1 aliphatic rings. The molecule has 7 heteroatoms. The zero-order chi connectivity index (χ0) is 26.0. The molecule has 1 atom stereocenters. The standard InChI is InChI=1S/C30H32ClFN2O2S/c31-25-13-8-11-23(17-25)20-37-21-29(35)34(19-24-12-4-7-16-27(24)32)28(18-22-9-2-1-3-10-22)30(36)33-26-14-5-6-15-26/h1-4,7-13,16-17,26,28H,5-6,14-15,18-21H2,(H,33,36). The molecule has 1 aliphatic carbocycles. The molecule has 4 nitrogen and oxygen atoms in total. The molecule has 4 rings (SSSR count). The van der Waals surface area contributed by atoms with Crippen LogP contribution >= 0.6 is 23.4 Å². The third-order valence-electron chi connectivity index (χ3n) is 6.65. The normalized spacial score (nSPS) is 14.3. The van der Waals surface area contributed by atoms with Crippen LogP contribution in [0.4, 0.5) is 4.39 Å². The van der Waals surface area contributed by atoms with E-state index in [9.17, 15) is 14.0 Å². The lowest BCUT2D eigenvalue weighted by molar-refractivity contribution is -0.139. The van der Waals surface area contributed by atoms with Crippen molar-refractivity contribution in [1.82, 2.24) is 10.2 Å². The van der Waals surface area contributed by atoms with E-state index in [0.29, 0.717) is 22.8 Å². The Morgan fingerprint density at radius 2 is 1.68 bits per heavy atom. The maximum atomic E-state index is 14.7. The van der Waals surface area contributed by atoms with Gasteiger partial charge >= 0.3 is 0 Å². The Kier molecular flexibility index (Phi) is 10.0. The SMILES string of the molecule is O=C(NC1CCCC1)C(Cc1ccccc1)N(Cc1ccccc1F)C(=O)CSCc1cccc(Cl)c1. The Hall–Kier alpha value is -2.83. The number of nitrogens with zero attached hydrogens (tertiary/aromatic N) is 1. The highest BCUT2D eigenvalue weighted by Gasteiger charge is 2.32. The van der Waals surface area contributed by atoms with Gasteiger partial charge in [0, 0.05) is 35.3 Å². The predicted molar refractivity (Wildman–Crippen MR) is 149 cm³/mol. The van der Waals surface area contributed by atoms with Crippen LogP contribution in [0.3, 0.4) is 0 Å². The van der Waals surface area contributed by atoms with E-state index >= 15 is 0 Å². The molecule has 3 aromatic rings. The van der Waals surface area contributed by atoms with Gasteiger partial charge in [0.25, 0.3) is 0 Å². The number of hydrogen-bond acceptors (Lipinski definition) is 3. The molecule has 37 heavy (non-hydrogen) atoms. The van der Waals surface area contributed by atoms with E-state index in [1.165, 1.54) is 17.8 Å². The second-order valence-electron chi connectivity index (χ2n) is 9.43. The van der Waals surface area contributed by atoms with Gasteiger partial charge in [-0.15, -0.1) is 11.8 Å². The summed E-state index contributed by atoms with van der Waals surface area (Å²) in [6.07, 6.45) is 4.43. The van der Waals surface area contributed by atoms with Crippen molar-refractivity contribution in [1.29, 1.82) is 0 Å². The Morgan fingerprint density at radius 3 is 2.41 bits per heavy atom. The fourth-order valence-electron chi connectivity index (χ4n) is 4.70. The Bertz CT molecular complexity index is 1190. The molecule has 0 bridgehead atoms. The summed E-state index contributed by atoms with van der Waals surface area (Å²) in [5.41, 5.74) is 2.36. The molecule has 2 amide bonds. The first-order valence-corrected chi connectivity index (χ1v) is 14.2. The summed E-state index contributed by atoms with van der Waals surface area (Å²) in [7, 11) is 0. The van der Waals surface area contributed by atoms with Crippen molar-refractivity contribution in [3.05, 3.63) is 106 Å². The summed E-state index contributed by atoms with van der Waals surface area (Å²) in [6, 6.07) is 23.0. The average Bonchev–Trinajstić information content (AvgIpc) is 3.41. The van der Waals surface area contributed by atoms with E-state index in [1.807, 2.05) is 54.6 Å². The summed E-state index contributed by atoms with van der Waals surface area (Å²) in [5, 5.41) is 3.83. The molecule has 0 heterocycles. The van der Waals surface area contributed by atoms with Gasteiger partial charge in [0.15, 0.2) is 0 Å². The highest BCUT2D eigenvalue weighted by Crippen LogP contribution is 2.22. The van der Waals surface area contributed by atoms with Crippen LogP contribution in [0.25, 0.3) is 0 Å². The largest absolute Gasteiger partial charge is 0.352 e. The van der Waals surface area contributed by atoms with Crippen LogP contribution in [-0.4, -0.2) is 34.6 Å². The number of amides is 2. The lowest BCUT2D eigenvalue weighted by Crippen LogP contribution is -2.52. The number of benzene rings is 3. The topological polar surface area (TPSA) is 49.4 Å².